The molecule has 1 aliphatic rings. The summed E-state index contributed by atoms with van der Waals surface area (Å²) in [5.74, 6) is 2.36. The Bertz CT molecular complexity index is 178. The van der Waals surface area contributed by atoms with Crippen LogP contribution in [-0.4, -0.2) is 48.5 Å². The topological polar surface area (TPSA) is 32.3 Å². The Morgan fingerprint density at radius 3 is 2.85 bits per heavy atom. The van der Waals surface area contributed by atoms with E-state index in [1.807, 2.05) is 11.8 Å². The second-order valence-corrected chi connectivity index (χ2v) is 4.17. The van der Waals surface area contributed by atoms with E-state index in [0.717, 1.165) is 26.2 Å². The lowest BCUT2D eigenvalue weighted by Gasteiger charge is -2.25. The Morgan fingerprint density at radius 1 is 1.54 bits per heavy atom. The van der Waals surface area contributed by atoms with Gasteiger partial charge in [-0.05, 0) is 6.08 Å². The van der Waals surface area contributed by atoms with Crippen LogP contribution < -0.4 is 5.32 Å². The maximum Gasteiger partial charge on any atom is 0.243 e. The first-order chi connectivity index (χ1) is 6.33. The van der Waals surface area contributed by atoms with Gasteiger partial charge in [0.15, 0.2) is 0 Å². The molecule has 0 bridgehead atoms. The summed E-state index contributed by atoms with van der Waals surface area (Å²) in [6.07, 6.45) is 1.31. The molecular formula is C9H16N2OS. The molecule has 0 atom stereocenters. The van der Waals surface area contributed by atoms with Crippen LogP contribution in [0.2, 0.25) is 0 Å². The van der Waals surface area contributed by atoms with Gasteiger partial charge in [0.1, 0.15) is 0 Å². The van der Waals surface area contributed by atoms with Crippen LogP contribution in [0, 0.1) is 0 Å². The average molecular weight is 200 g/mol. The number of carbonyl (C=O) groups is 1. The average Bonchev–Trinajstić information content (AvgIpc) is 2.19. The number of amides is 1. The number of carbonyl (C=O) groups excluding carboxylic acids is 1. The highest BCUT2D eigenvalue weighted by atomic mass is 32.2. The highest BCUT2D eigenvalue weighted by Gasteiger charge is 2.09. The summed E-state index contributed by atoms with van der Waals surface area (Å²) < 4.78 is 0. The van der Waals surface area contributed by atoms with E-state index < -0.39 is 0 Å². The van der Waals surface area contributed by atoms with Crippen LogP contribution in [0.25, 0.3) is 0 Å². The molecule has 0 aromatic rings. The predicted octanol–water partition coefficient (Wildman–Crippen LogP) is 0.337. The van der Waals surface area contributed by atoms with Gasteiger partial charge in [0.2, 0.25) is 5.91 Å². The zero-order valence-corrected chi connectivity index (χ0v) is 8.61. The third-order valence-corrected chi connectivity index (χ3v) is 2.96. The lowest BCUT2D eigenvalue weighted by Crippen LogP contribution is -2.38. The van der Waals surface area contributed by atoms with Gasteiger partial charge in [-0.25, -0.2) is 0 Å². The van der Waals surface area contributed by atoms with Crippen LogP contribution in [-0.2, 0) is 4.79 Å². The van der Waals surface area contributed by atoms with E-state index in [1.165, 1.54) is 17.6 Å². The SMILES string of the molecule is C=CC(=O)NCCN1CCSCC1. The van der Waals surface area contributed by atoms with Crippen LogP contribution in [0.5, 0.6) is 0 Å². The van der Waals surface area contributed by atoms with Crippen molar-refractivity contribution in [2.75, 3.05) is 37.7 Å². The minimum absolute atomic E-state index is 0.0774. The van der Waals surface area contributed by atoms with Crippen molar-refractivity contribution in [3.63, 3.8) is 0 Å². The van der Waals surface area contributed by atoms with Gasteiger partial charge in [-0.1, -0.05) is 6.58 Å². The highest BCUT2D eigenvalue weighted by molar-refractivity contribution is 7.99. The van der Waals surface area contributed by atoms with E-state index in [4.69, 9.17) is 0 Å². The first-order valence-electron chi connectivity index (χ1n) is 4.53. The number of nitrogens with one attached hydrogen (secondary N) is 1. The smallest absolute Gasteiger partial charge is 0.243 e. The van der Waals surface area contributed by atoms with Crippen molar-refractivity contribution < 1.29 is 4.79 Å². The molecule has 0 spiro atoms. The zero-order valence-electron chi connectivity index (χ0n) is 7.79. The van der Waals surface area contributed by atoms with Crippen molar-refractivity contribution in [2.24, 2.45) is 0 Å². The van der Waals surface area contributed by atoms with Crippen LogP contribution in [0.3, 0.4) is 0 Å². The van der Waals surface area contributed by atoms with Crippen molar-refractivity contribution in [2.45, 2.75) is 0 Å². The van der Waals surface area contributed by atoms with Crippen molar-refractivity contribution >= 4 is 17.7 Å². The van der Waals surface area contributed by atoms with E-state index in [0.29, 0.717) is 0 Å². The van der Waals surface area contributed by atoms with Crippen LogP contribution in [0.15, 0.2) is 12.7 Å². The molecule has 13 heavy (non-hydrogen) atoms. The fraction of sp³-hybridized carbons (Fsp3) is 0.667. The third kappa shape index (κ3) is 4.33. The Labute approximate surface area is 83.6 Å². The van der Waals surface area contributed by atoms with Gasteiger partial charge in [0.05, 0.1) is 0 Å². The van der Waals surface area contributed by atoms with Crippen molar-refractivity contribution in [3.05, 3.63) is 12.7 Å². The molecule has 0 aromatic heterocycles. The standard InChI is InChI=1S/C9H16N2OS/c1-2-9(12)10-3-4-11-5-7-13-8-6-11/h2H,1,3-8H2,(H,10,12). The van der Waals surface area contributed by atoms with E-state index in [-0.39, 0.29) is 5.91 Å². The largest absolute Gasteiger partial charge is 0.351 e. The first-order valence-corrected chi connectivity index (χ1v) is 5.69. The highest BCUT2D eigenvalue weighted by Crippen LogP contribution is 2.07. The molecule has 3 nitrogen and oxygen atoms in total. The number of rotatable bonds is 4. The molecule has 1 amide bonds. The molecule has 1 rings (SSSR count). The predicted molar refractivity (Wildman–Crippen MR) is 57.0 cm³/mol. The van der Waals surface area contributed by atoms with Gasteiger partial charge in [0, 0.05) is 37.7 Å². The molecule has 0 unspecified atom stereocenters. The van der Waals surface area contributed by atoms with E-state index in [9.17, 15) is 4.79 Å². The lowest BCUT2D eigenvalue weighted by atomic mass is 10.4. The summed E-state index contributed by atoms with van der Waals surface area (Å²) in [7, 11) is 0. The van der Waals surface area contributed by atoms with Gasteiger partial charge in [-0.15, -0.1) is 0 Å². The Morgan fingerprint density at radius 2 is 2.23 bits per heavy atom. The monoisotopic (exact) mass is 200 g/mol. The van der Waals surface area contributed by atoms with Crippen molar-refractivity contribution in [3.8, 4) is 0 Å². The molecule has 0 aromatic carbocycles. The summed E-state index contributed by atoms with van der Waals surface area (Å²) in [6.45, 7) is 7.38. The Hall–Kier alpha value is -0.480. The van der Waals surface area contributed by atoms with Crippen LogP contribution in [0.1, 0.15) is 0 Å². The zero-order chi connectivity index (χ0) is 9.52. The van der Waals surface area contributed by atoms with Crippen LogP contribution in [0.4, 0.5) is 0 Å². The maximum absolute atomic E-state index is 10.8. The van der Waals surface area contributed by atoms with Gasteiger partial charge < -0.3 is 5.32 Å². The number of nitrogens with zero attached hydrogens (tertiary/aromatic N) is 1. The van der Waals surface area contributed by atoms with Gasteiger partial charge >= 0.3 is 0 Å². The molecule has 74 valence electrons. The summed E-state index contributed by atoms with van der Waals surface area (Å²) in [5, 5.41) is 2.77. The fourth-order valence-corrected chi connectivity index (χ4v) is 2.21. The van der Waals surface area contributed by atoms with Gasteiger partial charge in [-0.2, -0.15) is 11.8 Å². The minimum Gasteiger partial charge on any atom is -0.351 e. The number of hydrogen-bond donors (Lipinski definition) is 1. The summed E-state index contributed by atoms with van der Waals surface area (Å²) in [5.41, 5.74) is 0. The number of hydrogen-bond acceptors (Lipinski definition) is 3. The number of thioether (sulfide) groups is 1. The first kappa shape index (κ1) is 10.6. The van der Waals surface area contributed by atoms with Crippen molar-refractivity contribution in [1.29, 1.82) is 0 Å². The molecule has 0 aliphatic carbocycles. The van der Waals surface area contributed by atoms with E-state index in [1.54, 1.807) is 0 Å². The quantitative estimate of drug-likeness (QED) is 0.664. The molecule has 0 radical (unpaired) electrons. The second-order valence-electron chi connectivity index (χ2n) is 2.95. The van der Waals surface area contributed by atoms with E-state index >= 15 is 0 Å². The molecule has 4 heteroatoms. The molecule has 1 aliphatic heterocycles. The normalized spacial score (nSPS) is 18.2. The minimum atomic E-state index is -0.0774. The molecular weight excluding hydrogens is 184 g/mol. The second kappa shape index (κ2) is 6.05. The third-order valence-electron chi connectivity index (χ3n) is 2.02. The van der Waals surface area contributed by atoms with Crippen molar-refractivity contribution in [1.82, 2.24) is 10.2 Å². The molecule has 1 fully saturated rings. The van der Waals surface area contributed by atoms with E-state index in [2.05, 4.69) is 16.8 Å². The van der Waals surface area contributed by atoms with Crippen LogP contribution >= 0.6 is 11.8 Å². The lowest BCUT2D eigenvalue weighted by molar-refractivity contribution is -0.116. The Balaban J connectivity index is 2.04. The van der Waals surface area contributed by atoms with Gasteiger partial charge in [-0.3, -0.25) is 9.69 Å². The summed E-state index contributed by atoms with van der Waals surface area (Å²) in [4.78, 5) is 13.2. The maximum atomic E-state index is 10.8. The summed E-state index contributed by atoms with van der Waals surface area (Å²) >= 11 is 2.00. The summed E-state index contributed by atoms with van der Waals surface area (Å²) in [6, 6.07) is 0. The fourth-order valence-electron chi connectivity index (χ4n) is 1.23. The molecule has 1 saturated heterocycles. The van der Waals surface area contributed by atoms with Gasteiger partial charge in [0.25, 0.3) is 0 Å². The Kier molecular flexibility index (Phi) is 4.93. The molecule has 1 heterocycles. The molecule has 1 N–H and O–H groups in total. The molecule has 0 saturated carbocycles.